The maximum absolute atomic E-state index is 5.18. The largest absolute Gasteiger partial charge is 0.309 e. The zero-order chi connectivity index (χ0) is 26.9. The predicted molar refractivity (Wildman–Crippen MR) is 171 cm³/mol. The fourth-order valence-corrected chi connectivity index (χ4v) is 6.69. The van der Waals surface area contributed by atoms with Gasteiger partial charge in [-0.05, 0) is 81.6 Å². The van der Waals surface area contributed by atoms with Crippen LogP contribution < -0.4 is 0 Å². The van der Waals surface area contributed by atoms with Crippen LogP contribution in [-0.2, 0) is 0 Å². The molecule has 0 fully saturated rings. The molecule has 1 aliphatic carbocycles. The van der Waals surface area contributed by atoms with Gasteiger partial charge in [0, 0.05) is 27.6 Å². The molecule has 0 N–H and O–H groups in total. The van der Waals surface area contributed by atoms with Crippen LogP contribution >= 0.6 is 0 Å². The number of nitrogens with zero attached hydrogens (tertiary/aromatic N) is 2. The van der Waals surface area contributed by atoms with Crippen LogP contribution in [0.4, 0.5) is 0 Å². The van der Waals surface area contributed by atoms with Crippen molar-refractivity contribution in [2.75, 3.05) is 0 Å². The molecule has 0 amide bonds. The van der Waals surface area contributed by atoms with E-state index in [4.69, 9.17) is 4.98 Å². The molecular formula is C39H24N2. The quantitative estimate of drug-likeness (QED) is 0.227. The molecule has 2 nitrogen and oxygen atoms in total. The molecule has 41 heavy (non-hydrogen) atoms. The van der Waals surface area contributed by atoms with Crippen molar-refractivity contribution >= 4 is 32.6 Å². The molecule has 0 unspecified atom stereocenters. The van der Waals surface area contributed by atoms with Gasteiger partial charge in [-0.3, -0.25) is 0 Å². The van der Waals surface area contributed by atoms with E-state index in [2.05, 4.69) is 150 Å². The van der Waals surface area contributed by atoms with Crippen LogP contribution in [0.15, 0.2) is 146 Å². The van der Waals surface area contributed by atoms with Gasteiger partial charge in [0.2, 0.25) is 0 Å². The van der Waals surface area contributed by atoms with Crippen LogP contribution in [0, 0.1) is 0 Å². The molecule has 0 radical (unpaired) electrons. The van der Waals surface area contributed by atoms with Gasteiger partial charge in [-0.25, -0.2) is 4.98 Å². The Morgan fingerprint density at radius 2 is 1.07 bits per heavy atom. The van der Waals surface area contributed by atoms with E-state index in [1.54, 1.807) is 0 Å². The maximum Gasteiger partial charge on any atom is 0.0709 e. The Morgan fingerprint density at radius 1 is 0.415 bits per heavy atom. The Hall–Kier alpha value is -5.47. The minimum Gasteiger partial charge on any atom is -0.309 e. The average Bonchev–Trinajstić information content (AvgIpc) is 3.55. The van der Waals surface area contributed by atoms with Gasteiger partial charge in [0.05, 0.1) is 22.4 Å². The van der Waals surface area contributed by atoms with Crippen LogP contribution in [0.2, 0.25) is 0 Å². The molecule has 190 valence electrons. The van der Waals surface area contributed by atoms with Gasteiger partial charge in [0.1, 0.15) is 0 Å². The minimum atomic E-state index is 0.979. The van der Waals surface area contributed by atoms with E-state index in [-0.39, 0.29) is 0 Å². The molecular weight excluding hydrogens is 496 g/mol. The third-order valence-corrected chi connectivity index (χ3v) is 8.53. The molecule has 0 spiro atoms. The van der Waals surface area contributed by atoms with Gasteiger partial charge in [0.25, 0.3) is 0 Å². The SMILES string of the molecule is c1ccc(-n2c3ccccc3c3cc(-c4cccc(-c5ccc6c(c5)-c5cccc7cccc-6c57)n4)ccc32)cc1. The minimum absolute atomic E-state index is 0.979. The van der Waals surface area contributed by atoms with Crippen molar-refractivity contribution in [2.24, 2.45) is 0 Å². The molecule has 2 aromatic heterocycles. The van der Waals surface area contributed by atoms with E-state index in [1.165, 1.54) is 60.5 Å². The highest BCUT2D eigenvalue weighted by Gasteiger charge is 2.21. The third kappa shape index (κ3) is 3.28. The van der Waals surface area contributed by atoms with Crippen LogP contribution in [0.5, 0.6) is 0 Å². The topological polar surface area (TPSA) is 17.8 Å². The monoisotopic (exact) mass is 520 g/mol. The number of fused-ring (bicyclic) bond motifs is 6. The van der Waals surface area contributed by atoms with Crippen LogP contribution in [0.1, 0.15) is 0 Å². The van der Waals surface area contributed by atoms with Gasteiger partial charge in [0.15, 0.2) is 0 Å². The Bertz CT molecular complexity index is 2300. The van der Waals surface area contributed by atoms with E-state index < -0.39 is 0 Å². The Morgan fingerprint density at radius 3 is 1.90 bits per heavy atom. The number of para-hydroxylation sites is 2. The predicted octanol–water partition coefficient (Wildman–Crippen LogP) is 10.3. The van der Waals surface area contributed by atoms with E-state index in [1.807, 2.05) is 0 Å². The molecule has 0 bridgehead atoms. The van der Waals surface area contributed by atoms with Crippen molar-refractivity contribution in [3.05, 3.63) is 146 Å². The zero-order valence-corrected chi connectivity index (χ0v) is 22.3. The number of aromatic nitrogens is 2. The third-order valence-electron chi connectivity index (χ3n) is 8.53. The van der Waals surface area contributed by atoms with Gasteiger partial charge in [-0.15, -0.1) is 0 Å². The van der Waals surface area contributed by atoms with E-state index >= 15 is 0 Å². The summed E-state index contributed by atoms with van der Waals surface area (Å²) in [4.78, 5) is 5.18. The first-order chi connectivity index (χ1) is 20.3. The summed E-state index contributed by atoms with van der Waals surface area (Å²) in [5, 5.41) is 5.13. The van der Waals surface area contributed by atoms with Gasteiger partial charge in [-0.2, -0.15) is 0 Å². The fourth-order valence-electron chi connectivity index (χ4n) is 6.69. The Balaban J connectivity index is 1.17. The molecule has 2 heterocycles. The first-order valence-corrected chi connectivity index (χ1v) is 14.1. The van der Waals surface area contributed by atoms with Gasteiger partial charge in [-0.1, -0.05) is 97.1 Å². The molecule has 0 atom stereocenters. The van der Waals surface area contributed by atoms with Crippen molar-refractivity contribution in [2.45, 2.75) is 0 Å². The smallest absolute Gasteiger partial charge is 0.0709 e. The summed E-state index contributed by atoms with van der Waals surface area (Å²) in [6.45, 7) is 0. The van der Waals surface area contributed by atoms with Crippen LogP contribution in [-0.4, -0.2) is 9.55 Å². The summed E-state index contributed by atoms with van der Waals surface area (Å²) >= 11 is 0. The fraction of sp³-hybridized carbons (Fsp3) is 0. The standard InChI is InChI=1S/C39H24N2/c1-2-11-28(12-3-1)41-37-18-5-4-13-30(37)34-24-27(20-22-38(34)41)36-17-8-16-35(40-36)26-19-21-29-31-14-6-9-25-10-7-15-32(39(25)31)33(29)23-26/h1-24H. The molecule has 9 rings (SSSR count). The highest BCUT2D eigenvalue weighted by molar-refractivity contribution is 6.15. The number of rotatable bonds is 3. The number of benzene rings is 6. The highest BCUT2D eigenvalue weighted by Crippen LogP contribution is 2.48. The molecule has 8 aromatic rings. The van der Waals surface area contributed by atoms with E-state index in [0.29, 0.717) is 0 Å². The summed E-state index contributed by atoms with van der Waals surface area (Å²) in [5.74, 6) is 0. The summed E-state index contributed by atoms with van der Waals surface area (Å²) < 4.78 is 2.35. The van der Waals surface area contributed by atoms with Crippen molar-refractivity contribution in [1.82, 2.24) is 9.55 Å². The van der Waals surface area contributed by atoms with Crippen molar-refractivity contribution in [1.29, 1.82) is 0 Å². The van der Waals surface area contributed by atoms with Gasteiger partial charge >= 0.3 is 0 Å². The highest BCUT2D eigenvalue weighted by atomic mass is 15.0. The molecule has 1 aliphatic rings. The second-order valence-electron chi connectivity index (χ2n) is 10.8. The number of hydrogen-bond acceptors (Lipinski definition) is 1. The second-order valence-corrected chi connectivity index (χ2v) is 10.8. The van der Waals surface area contributed by atoms with Crippen LogP contribution in [0.25, 0.3) is 83.0 Å². The molecule has 6 aromatic carbocycles. The Labute approximate surface area is 237 Å². The van der Waals surface area contributed by atoms with Gasteiger partial charge < -0.3 is 4.57 Å². The van der Waals surface area contributed by atoms with Crippen molar-refractivity contribution in [3.63, 3.8) is 0 Å². The summed E-state index contributed by atoms with van der Waals surface area (Å²) in [5.41, 5.74) is 13.0. The number of pyridine rings is 1. The summed E-state index contributed by atoms with van der Waals surface area (Å²) in [6.07, 6.45) is 0. The normalized spacial score (nSPS) is 11.9. The molecule has 0 saturated carbocycles. The number of hydrogen-bond donors (Lipinski definition) is 0. The first kappa shape index (κ1) is 22.4. The summed E-state index contributed by atoms with van der Waals surface area (Å²) in [7, 11) is 0. The molecule has 0 saturated heterocycles. The lowest BCUT2D eigenvalue weighted by Crippen LogP contribution is -1.93. The second kappa shape index (κ2) is 8.51. The van der Waals surface area contributed by atoms with E-state index in [0.717, 1.165) is 22.5 Å². The van der Waals surface area contributed by atoms with Crippen molar-refractivity contribution in [3.8, 4) is 50.5 Å². The lowest BCUT2D eigenvalue weighted by molar-refractivity contribution is 1.18. The average molecular weight is 521 g/mol. The first-order valence-electron chi connectivity index (χ1n) is 14.1. The van der Waals surface area contributed by atoms with Crippen LogP contribution in [0.3, 0.4) is 0 Å². The summed E-state index contributed by atoms with van der Waals surface area (Å²) in [6, 6.07) is 52.3. The lowest BCUT2D eigenvalue weighted by Gasteiger charge is -2.09. The Kier molecular flexibility index (Phi) is 4.64. The lowest BCUT2D eigenvalue weighted by atomic mass is 9.99. The molecule has 0 aliphatic heterocycles. The zero-order valence-electron chi connectivity index (χ0n) is 22.3. The maximum atomic E-state index is 5.18. The molecule has 2 heteroatoms. The van der Waals surface area contributed by atoms with Crippen molar-refractivity contribution < 1.29 is 0 Å². The van der Waals surface area contributed by atoms with E-state index in [9.17, 15) is 0 Å².